The van der Waals surface area contributed by atoms with Crippen molar-refractivity contribution < 1.29 is 9.90 Å². The van der Waals surface area contributed by atoms with Gasteiger partial charge >= 0.3 is 5.97 Å². The first-order valence-electron chi connectivity index (χ1n) is 5.58. The molecule has 0 aliphatic heterocycles. The van der Waals surface area contributed by atoms with E-state index in [1.54, 1.807) is 6.08 Å². The topological polar surface area (TPSA) is 40.5 Å². The molecule has 1 aromatic carbocycles. The van der Waals surface area contributed by atoms with Crippen LogP contribution >= 0.6 is 67.8 Å². The lowest BCUT2D eigenvalue weighted by atomic mass is 10.1. The summed E-state index contributed by atoms with van der Waals surface area (Å²) in [6.45, 7) is 1.86. The molecule has 0 aromatic heterocycles. The van der Waals surface area contributed by atoms with Crippen LogP contribution in [0.1, 0.15) is 18.9 Å². The number of hydrogen-bond acceptors (Lipinski definition) is 2. The zero-order valence-electron chi connectivity index (χ0n) is 10.8. The molecule has 104 valence electrons. The summed E-state index contributed by atoms with van der Waals surface area (Å²) in [6.07, 6.45) is 2.31. The Morgan fingerprint density at radius 1 is 1.32 bits per heavy atom. The fourth-order valence-electron chi connectivity index (χ4n) is 1.63. The van der Waals surface area contributed by atoms with Gasteiger partial charge in [0.05, 0.1) is 5.69 Å². The number of carboxylic acids is 1. The Morgan fingerprint density at radius 2 is 1.89 bits per heavy atom. The molecule has 0 atom stereocenters. The van der Waals surface area contributed by atoms with Crippen molar-refractivity contribution in [2.24, 2.45) is 0 Å². The van der Waals surface area contributed by atoms with Crippen molar-refractivity contribution in [3.05, 3.63) is 27.9 Å². The molecule has 0 heterocycles. The third-order valence-corrected chi connectivity index (χ3v) is 5.41. The Bertz CT molecular complexity index is 539. The number of rotatable bonds is 4. The molecule has 1 aromatic rings. The van der Waals surface area contributed by atoms with E-state index in [1.807, 2.05) is 21.0 Å². The van der Waals surface area contributed by atoms with Gasteiger partial charge in [-0.25, -0.2) is 4.79 Å². The molecule has 6 heteroatoms. The standard InChI is InChI=1S/C13H14I3NO2/c1-4-7(13(18)19)5-8-9(14)6-10(15)12(11(8)16)17(2)3/h5-6H,4H2,1-3H3,(H,18,19)/b7-5+. The molecule has 0 aliphatic rings. The summed E-state index contributed by atoms with van der Waals surface area (Å²) in [5.41, 5.74) is 2.56. The highest BCUT2D eigenvalue weighted by atomic mass is 127. The van der Waals surface area contributed by atoms with Crippen LogP contribution in [-0.2, 0) is 4.79 Å². The SMILES string of the molecule is CC/C(=C\c1c(I)cc(I)c(N(C)C)c1I)C(=O)O. The Hall–Kier alpha value is 0.420. The summed E-state index contributed by atoms with van der Waals surface area (Å²) in [6, 6.07) is 2.08. The van der Waals surface area contributed by atoms with Gasteiger partial charge in [0, 0.05) is 35.9 Å². The second-order valence-corrected chi connectivity index (χ2v) is 7.54. The molecule has 0 fully saturated rings. The maximum atomic E-state index is 11.2. The number of aliphatic carboxylic acids is 1. The summed E-state index contributed by atoms with van der Waals surface area (Å²) < 4.78 is 3.33. The van der Waals surface area contributed by atoms with Gasteiger partial charge in [-0.2, -0.15) is 0 Å². The van der Waals surface area contributed by atoms with Crippen LogP contribution in [-0.4, -0.2) is 25.2 Å². The molecule has 0 bridgehead atoms. The fourth-order valence-corrected chi connectivity index (χ4v) is 6.27. The highest BCUT2D eigenvalue weighted by Crippen LogP contribution is 2.34. The summed E-state index contributed by atoms with van der Waals surface area (Å²) in [5, 5.41) is 9.16. The zero-order valence-corrected chi connectivity index (χ0v) is 17.3. The van der Waals surface area contributed by atoms with Crippen LogP contribution in [0.5, 0.6) is 0 Å². The van der Waals surface area contributed by atoms with Crippen molar-refractivity contribution in [2.75, 3.05) is 19.0 Å². The van der Waals surface area contributed by atoms with Crippen molar-refractivity contribution in [1.29, 1.82) is 0 Å². The van der Waals surface area contributed by atoms with Gasteiger partial charge in [0.1, 0.15) is 0 Å². The highest BCUT2D eigenvalue weighted by Gasteiger charge is 2.15. The number of anilines is 1. The average Bonchev–Trinajstić information content (AvgIpc) is 2.27. The van der Waals surface area contributed by atoms with E-state index < -0.39 is 5.97 Å². The minimum atomic E-state index is -0.848. The number of carbonyl (C=O) groups is 1. The molecule has 0 spiro atoms. The van der Waals surface area contributed by atoms with E-state index >= 15 is 0 Å². The van der Waals surface area contributed by atoms with Crippen molar-refractivity contribution in [1.82, 2.24) is 0 Å². The van der Waals surface area contributed by atoms with Crippen LogP contribution in [0, 0.1) is 10.7 Å². The lowest BCUT2D eigenvalue weighted by Crippen LogP contribution is -2.13. The third-order valence-electron chi connectivity index (χ3n) is 2.60. The number of hydrogen-bond donors (Lipinski definition) is 1. The van der Waals surface area contributed by atoms with E-state index in [9.17, 15) is 4.79 Å². The van der Waals surface area contributed by atoms with Gasteiger partial charge < -0.3 is 10.0 Å². The molecule has 0 saturated heterocycles. The lowest BCUT2D eigenvalue weighted by molar-refractivity contribution is -0.132. The van der Waals surface area contributed by atoms with E-state index in [-0.39, 0.29) is 0 Å². The molecule has 1 rings (SSSR count). The maximum absolute atomic E-state index is 11.2. The van der Waals surface area contributed by atoms with E-state index in [2.05, 4.69) is 78.7 Å². The second-order valence-electron chi connectivity index (χ2n) is 4.14. The summed E-state index contributed by atoms with van der Waals surface area (Å²) in [7, 11) is 4.00. The Kier molecular flexibility index (Phi) is 6.84. The molecular formula is C13H14I3NO2. The Labute approximate surface area is 154 Å². The molecule has 19 heavy (non-hydrogen) atoms. The molecule has 1 N–H and O–H groups in total. The van der Waals surface area contributed by atoms with Crippen molar-refractivity contribution in [3.8, 4) is 0 Å². The summed E-state index contributed by atoms with van der Waals surface area (Å²) in [4.78, 5) is 13.2. The van der Waals surface area contributed by atoms with Gasteiger partial charge in [0.2, 0.25) is 0 Å². The van der Waals surface area contributed by atoms with Gasteiger partial charge in [-0.15, -0.1) is 0 Å². The Morgan fingerprint density at radius 3 is 2.32 bits per heavy atom. The van der Waals surface area contributed by atoms with Gasteiger partial charge in [-0.05, 0) is 86.3 Å². The van der Waals surface area contributed by atoms with Crippen LogP contribution in [0.2, 0.25) is 0 Å². The first-order valence-corrected chi connectivity index (χ1v) is 8.81. The Balaban J connectivity index is 3.52. The minimum Gasteiger partial charge on any atom is -0.478 e. The highest BCUT2D eigenvalue weighted by molar-refractivity contribution is 14.1. The third kappa shape index (κ3) is 4.19. The van der Waals surface area contributed by atoms with E-state index in [0.717, 1.165) is 18.4 Å². The van der Waals surface area contributed by atoms with Crippen LogP contribution in [0.4, 0.5) is 5.69 Å². The monoisotopic (exact) mass is 597 g/mol. The van der Waals surface area contributed by atoms with Crippen LogP contribution in [0.3, 0.4) is 0 Å². The number of benzene rings is 1. The molecule has 0 amide bonds. The van der Waals surface area contributed by atoms with Gasteiger partial charge in [-0.1, -0.05) is 6.92 Å². The van der Waals surface area contributed by atoms with E-state index in [0.29, 0.717) is 12.0 Å². The molecular weight excluding hydrogens is 583 g/mol. The second kappa shape index (κ2) is 7.43. The predicted octanol–water partition coefficient (Wildman–Crippen LogP) is 4.44. The summed E-state index contributed by atoms with van der Waals surface area (Å²) >= 11 is 6.86. The van der Waals surface area contributed by atoms with Gasteiger partial charge in [0.25, 0.3) is 0 Å². The van der Waals surface area contributed by atoms with Crippen molar-refractivity contribution in [2.45, 2.75) is 13.3 Å². The minimum absolute atomic E-state index is 0.432. The number of halogens is 3. The number of carboxylic acid groups (broad SMARTS) is 1. The van der Waals surface area contributed by atoms with E-state index in [4.69, 9.17) is 5.11 Å². The normalized spacial score (nSPS) is 11.6. The smallest absolute Gasteiger partial charge is 0.331 e. The number of nitrogens with zero attached hydrogens (tertiary/aromatic N) is 1. The van der Waals surface area contributed by atoms with Crippen LogP contribution in [0.25, 0.3) is 6.08 Å². The first kappa shape index (κ1) is 17.5. The predicted molar refractivity (Wildman–Crippen MR) is 105 cm³/mol. The molecule has 0 unspecified atom stereocenters. The molecule has 0 aliphatic carbocycles. The quantitative estimate of drug-likeness (QED) is 0.413. The van der Waals surface area contributed by atoms with Crippen molar-refractivity contribution in [3.63, 3.8) is 0 Å². The zero-order chi connectivity index (χ0) is 14.7. The van der Waals surface area contributed by atoms with E-state index in [1.165, 1.54) is 3.57 Å². The van der Waals surface area contributed by atoms with Crippen LogP contribution in [0.15, 0.2) is 11.6 Å². The van der Waals surface area contributed by atoms with Gasteiger partial charge in [-0.3, -0.25) is 0 Å². The largest absolute Gasteiger partial charge is 0.478 e. The van der Waals surface area contributed by atoms with Crippen LogP contribution < -0.4 is 4.90 Å². The molecule has 0 saturated carbocycles. The maximum Gasteiger partial charge on any atom is 0.331 e. The van der Waals surface area contributed by atoms with Gasteiger partial charge in [0.15, 0.2) is 0 Å². The average molecular weight is 597 g/mol. The fraction of sp³-hybridized carbons (Fsp3) is 0.308. The molecule has 0 radical (unpaired) electrons. The molecule has 3 nitrogen and oxygen atoms in total. The first-order chi connectivity index (χ1) is 8.79. The lowest BCUT2D eigenvalue weighted by Gasteiger charge is -2.19. The van der Waals surface area contributed by atoms with Crippen molar-refractivity contribution >= 4 is 85.5 Å². The summed E-state index contributed by atoms with van der Waals surface area (Å²) in [5.74, 6) is -0.848.